The Morgan fingerprint density at radius 3 is 2.60 bits per heavy atom. The first-order valence-electron chi connectivity index (χ1n) is 10.2. The molecule has 0 radical (unpaired) electrons. The lowest BCUT2D eigenvalue weighted by Crippen LogP contribution is -2.41. The number of amides is 1. The second kappa shape index (κ2) is 7.63. The first-order chi connectivity index (χ1) is 14.6. The highest BCUT2D eigenvalue weighted by atomic mass is 19.1. The summed E-state index contributed by atoms with van der Waals surface area (Å²) in [5.74, 6) is -0.497. The van der Waals surface area contributed by atoms with Crippen LogP contribution in [0.4, 0.5) is 4.39 Å². The molecule has 1 fully saturated rings. The fourth-order valence-corrected chi connectivity index (χ4v) is 4.48. The number of hydrogen-bond donors (Lipinski definition) is 3. The summed E-state index contributed by atoms with van der Waals surface area (Å²) in [6.45, 7) is 1.78. The predicted molar refractivity (Wildman–Crippen MR) is 116 cm³/mol. The minimum atomic E-state index is -0.386. The van der Waals surface area contributed by atoms with Crippen LogP contribution in [-0.4, -0.2) is 17.7 Å². The highest BCUT2D eigenvalue weighted by molar-refractivity contribution is 5.99. The normalized spacial score (nSPS) is 20.7. The van der Waals surface area contributed by atoms with E-state index < -0.39 is 0 Å². The number of hydrogen-bond acceptors (Lipinski definition) is 4. The first kappa shape index (κ1) is 18.9. The summed E-state index contributed by atoms with van der Waals surface area (Å²) in [7, 11) is 0. The van der Waals surface area contributed by atoms with Gasteiger partial charge in [0.25, 0.3) is 5.91 Å². The minimum absolute atomic E-state index is 0.0489. The number of carbonyl (C=O) groups is 1. The van der Waals surface area contributed by atoms with E-state index in [0.29, 0.717) is 12.1 Å². The van der Waals surface area contributed by atoms with Gasteiger partial charge in [-0.25, -0.2) is 20.7 Å². The van der Waals surface area contributed by atoms with Crippen molar-refractivity contribution in [2.24, 2.45) is 5.10 Å². The predicted octanol–water partition coefficient (Wildman–Crippen LogP) is 3.53. The Labute approximate surface area is 174 Å². The standard InChI is InChI=1S/C24H23FN4O/c1-14(15-7-10-18(25)11-8-15)26-29-24(30)22-13-21(27-28-22)19-12-9-17-6-5-16-3-2-4-20(19)23(16)17/h2-4,7-12,21-22,27-28H,5-6,13H2,1H3,(H,29,30)/b26-14+. The van der Waals surface area contributed by atoms with Gasteiger partial charge in [-0.3, -0.25) is 4.79 Å². The number of halogens is 1. The van der Waals surface area contributed by atoms with Crippen molar-refractivity contribution in [2.45, 2.75) is 38.3 Å². The SMILES string of the molecule is C/C(=N\NC(=O)C1CC(c2ccc3c4c(cccc24)CC3)NN1)c1ccc(F)cc1. The number of rotatable bonds is 4. The van der Waals surface area contributed by atoms with Crippen LogP contribution in [0.25, 0.3) is 10.8 Å². The van der Waals surface area contributed by atoms with Gasteiger partial charge in [0.15, 0.2) is 0 Å². The van der Waals surface area contributed by atoms with Gasteiger partial charge < -0.3 is 0 Å². The van der Waals surface area contributed by atoms with Gasteiger partial charge in [0.1, 0.15) is 11.9 Å². The first-order valence-corrected chi connectivity index (χ1v) is 10.2. The number of aryl methyl sites for hydroxylation is 2. The number of nitrogens with one attached hydrogen (secondary N) is 3. The van der Waals surface area contributed by atoms with Crippen molar-refractivity contribution in [1.29, 1.82) is 0 Å². The quantitative estimate of drug-likeness (QED) is 0.462. The highest BCUT2D eigenvalue weighted by Gasteiger charge is 2.31. The second-order valence-corrected chi connectivity index (χ2v) is 7.96. The van der Waals surface area contributed by atoms with Crippen LogP contribution < -0.4 is 16.3 Å². The maximum absolute atomic E-state index is 13.1. The molecule has 3 aromatic rings. The molecule has 2 aliphatic rings. The van der Waals surface area contributed by atoms with Gasteiger partial charge in [0, 0.05) is 6.04 Å². The van der Waals surface area contributed by atoms with Gasteiger partial charge in [0.2, 0.25) is 0 Å². The molecular weight excluding hydrogens is 379 g/mol. The molecule has 1 aliphatic heterocycles. The fourth-order valence-electron chi connectivity index (χ4n) is 4.48. The lowest BCUT2D eigenvalue weighted by molar-refractivity contribution is -0.122. The Morgan fingerprint density at radius 2 is 1.80 bits per heavy atom. The highest BCUT2D eigenvalue weighted by Crippen LogP contribution is 2.36. The van der Waals surface area contributed by atoms with E-state index in [-0.39, 0.29) is 23.8 Å². The van der Waals surface area contributed by atoms with Crippen LogP contribution >= 0.6 is 0 Å². The zero-order valence-electron chi connectivity index (χ0n) is 16.7. The number of hydrazine groups is 1. The van der Waals surface area contributed by atoms with Crippen molar-refractivity contribution in [3.8, 4) is 0 Å². The van der Waals surface area contributed by atoms with E-state index in [2.05, 4.69) is 51.7 Å². The van der Waals surface area contributed by atoms with Crippen molar-refractivity contribution in [3.05, 3.63) is 82.7 Å². The van der Waals surface area contributed by atoms with Crippen LogP contribution in [0.3, 0.4) is 0 Å². The molecule has 2 unspecified atom stereocenters. The van der Waals surface area contributed by atoms with Crippen LogP contribution in [0, 0.1) is 5.82 Å². The van der Waals surface area contributed by atoms with Crippen LogP contribution in [0.15, 0.2) is 59.7 Å². The summed E-state index contributed by atoms with van der Waals surface area (Å²) in [5.41, 5.74) is 14.4. The lowest BCUT2D eigenvalue weighted by atomic mass is 9.93. The third-order valence-corrected chi connectivity index (χ3v) is 6.10. The third kappa shape index (κ3) is 3.38. The molecule has 3 N–H and O–H groups in total. The smallest absolute Gasteiger partial charge is 0.258 e. The molecule has 1 aliphatic carbocycles. The maximum Gasteiger partial charge on any atom is 0.258 e. The van der Waals surface area contributed by atoms with E-state index in [1.54, 1.807) is 19.1 Å². The zero-order valence-corrected chi connectivity index (χ0v) is 16.7. The number of benzene rings is 3. The molecule has 30 heavy (non-hydrogen) atoms. The molecule has 1 heterocycles. The molecule has 0 bridgehead atoms. The van der Waals surface area contributed by atoms with E-state index in [9.17, 15) is 9.18 Å². The largest absolute Gasteiger partial charge is 0.271 e. The molecule has 2 atom stereocenters. The van der Waals surface area contributed by atoms with Crippen molar-refractivity contribution in [2.75, 3.05) is 0 Å². The number of hydrazone groups is 1. The van der Waals surface area contributed by atoms with Gasteiger partial charge in [-0.15, -0.1) is 0 Å². The summed E-state index contributed by atoms with van der Waals surface area (Å²) in [6.07, 6.45) is 2.83. The lowest BCUT2D eigenvalue weighted by Gasteiger charge is -2.14. The Hall–Kier alpha value is -3.09. The molecule has 0 saturated carbocycles. The van der Waals surface area contributed by atoms with Crippen LogP contribution in [0.2, 0.25) is 0 Å². The molecule has 6 heteroatoms. The van der Waals surface area contributed by atoms with Gasteiger partial charge >= 0.3 is 0 Å². The van der Waals surface area contributed by atoms with Crippen molar-refractivity contribution in [1.82, 2.24) is 16.3 Å². The monoisotopic (exact) mass is 402 g/mol. The van der Waals surface area contributed by atoms with Crippen molar-refractivity contribution in [3.63, 3.8) is 0 Å². The van der Waals surface area contributed by atoms with Crippen LogP contribution in [0.5, 0.6) is 0 Å². The minimum Gasteiger partial charge on any atom is -0.271 e. The van der Waals surface area contributed by atoms with Gasteiger partial charge in [0.05, 0.1) is 5.71 Å². The molecule has 0 aromatic heterocycles. The van der Waals surface area contributed by atoms with Gasteiger partial charge in [-0.05, 0) is 71.3 Å². The number of nitrogens with zero attached hydrogens (tertiary/aromatic N) is 1. The van der Waals surface area contributed by atoms with Crippen molar-refractivity contribution < 1.29 is 9.18 Å². The molecule has 3 aromatic carbocycles. The average molecular weight is 402 g/mol. The zero-order chi connectivity index (χ0) is 20.7. The molecular formula is C24H23FN4O. The Kier molecular flexibility index (Phi) is 4.81. The van der Waals surface area contributed by atoms with Gasteiger partial charge in [-0.1, -0.05) is 42.5 Å². The average Bonchev–Trinajstić information content (AvgIpc) is 3.42. The summed E-state index contributed by atoms with van der Waals surface area (Å²) in [6, 6.07) is 16.6. The Morgan fingerprint density at radius 1 is 1.03 bits per heavy atom. The Balaban J connectivity index is 1.29. The van der Waals surface area contributed by atoms with E-state index in [1.807, 2.05) is 0 Å². The van der Waals surface area contributed by atoms with Gasteiger partial charge in [-0.2, -0.15) is 5.10 Å². The second-order valence-electron chi connectivity index (χ2n) is 7.96. The van der Waals surface area contributed by atoms with E-state index in [4.69, 9.17) is 0 Å². The van der Waals surface area contributed by atoms with E-state index in [0.717, 1.165) is 18.4 Å². The summed E-state index contributed by atoms with van der Waals surface area (Å²) < 4.78 is 13.1. The topological polar surface area (TPSA) is 65.5 Å². The summed E-state index contributed by atoms with van der Waals surface area (Å²) >= 11 is 0. The molecule has 5 nitrogen and oxygen atoms in total. The third-order valence-electron chi connectivity index (χ3n) is 6.10. The fraction of sp³-hybridized carbons (Fsp3) is 0.250. The molecule has 5 rings (SSSR count). The van der Waals surface area contributed by atoms with Crippen molar-refractivity contribution >= 4 is 22.4 Å². The molecule has 1 amide bonds. The van der Waals surface area contributed by atoms with Crippen LogP contribution in [0.1, 0.15) is 41.6 Å². The van der Waals surface area contributed by atoms with E-state index >= 15 is 0 Å². The molecule has 152 valence electrons. The van der Waals surface area contributed by atoms with Crippen LogP contribution in [-0.2, 0) is 17.6 Å². The number of carbonyl (C=O) groups excluding carboxylic acids is 1. The molecule has 0 spiro atoms. The Bertz CT molecular complexity index is 1150. The molecule has 1 saturated heterocycles. The summed E-state index contributed by atoms with van der Waals surface area (Å²) in [5, 5.41) is 6.82. The maximum atomic E-state index is 13.1. The van der Waals surface area contributed by atoms with E-state index in [1.165, 1.54) is 39.6 Å². The summed E-state index contributed by atoms with van der Waals surface area (Å²) in [4.78, 5) is 12.6.